The minimum absolute atomic E-state index is 0.220. The first-order chi connectivity index (χ1) is 7.11. The van der Waals surface area contributed by atoms with Crippen LogP contribution in [0.4, 0.5) is 0 Å². The highest BCUT2D eigenvalue weighted by Crippen LogP contribution is 2.23. The lowest BCUT2D eigenvalue weighted by Gasteiger charge is -2.21. The molecule has 0 atom stereocenters. The highest BCUT2D eigenvalue weighted by Gasteiger charge is 2.27. The normalized spacial score (nSPS) is 19.5. The summed E-state index contributed by atoms with van der Waals surface area (Å²) in [5.41, 5.74) is 0. The Bertz CT molecular complexity index is 351. The fraction of sp³-hybridized carbons (Fsp3) is 0.400. The molecule has 1 aliphatic carbocycles. The zero-order valence-corrected chi connectivity index (χ0v) is 9.28. The summed E-state index contributed by atoms with van der Waals surface area (Å²) in [5, 5.41) is 7.52. The summed E-state index contributed by atoms with van der Waals surface area (Å²) < 4.78 is 20.8. The quantitative estimate of drug-likeness (QED) is 0.703. The maximum Gasteiger partial charge on any atom is 0.211 e. The van der Waals surface area contributed by atoms with Crippen molar-refractivity contribution in [1.82, 2.24) is 5.32 Å². The van der Waals surface area contributed by atoms with Gasteiger partial charge in [-0.05, 0) is 25.0 Å². The fourth-order valence-electron chi connectivity index (χ4n) is 1.11. The fourth-order valence-corrected chi connectivity index (χ4v) is 2.10. The molecule has 0 bridgehead atoms. The molecule has 0 amide bonds. The molecule has 0 aromatic carbocycles. The molecule has 3 N–H and O–H groups in total. The average molecular weight is 228 g/mol. The van der Waals surface area contributed by atoms with Crippen molar-refractivity contribution in [3.8, 4) is 0 Å². The van der Waals surface area contributed by atoms with Crippen LogP contribution in [0.2, 0.25) is 0 Å². The Morgan fingerprint density at radius 3 is 1.87 bits per heavy atom. The van der Waals surface area contributed by atoms with Gasteiger partial charge in [0.2, 0.25) is 10.0 Å². The number of primary sulfonamides is 1. The minimum Gasteiger partial charge on any atom is -0.368 e. The average Bonchev–Trinajstić information content (AvgIpc) is 2.27. The number of hydrogen-bond donors (Lipinski definition) is 2. The van der Waals surface area contributed by atoms with Crippen molar-refractivity contribution in [2.45, 2.75) is 24.5 Å². The predicted molar refractivity (Wildman–Crippen MR) is 61.3 cm³/mol. The monoisotopic (exact) mass is 228 g/mol. The summed E-state index contributed by atoms with van der Waals surface area (Å²) in [5.74, 6) is 0. The minimum atomic E-state index is -3.17. The third-order valence-electron chi connectivity index (χ3n) is 2.24. The smallest absolute Gasteiger partial charge is 0.211 e. The molecule has 0 unspecified atom stereocenters. The van der Waals surface area contributed by atoms with Crippen LogP contribution in [-0.4, -0.2) is 13.7 Å². The van der Waals surface area contributed by atoms with Gasteiger partial charge in [0.25, 0.3) is 0 Å². The van der Waals surface area contributed by atoms with E-state index in [2.05, 4.69) is 5.32 Å². The zero-order chi connectivity index (χ0) is 11.1. The Kier molecular flexibility index (Phi) is 4.58. The van der Waals surface area contributed by atoms with Crippen LogP contribution in [0.5, 0.6) is 0 Å². The van der Waals surface area contributed by atoms with E-state index in [1.807, 2.05) is 36.7 Å². The Balaban J connectivity index is 0.000000151. The van der Waals surface area contributed by atoms with E-state index < -0.39 is 10.0 Å². The largest absolute Gasteiger partial charge is 0.368 e. The Labute approximate surface area is 90.6 Å². The van der Waals surface area contributed by atoms with Gasteiger partial charge in [0.1, 0.15) is 0 Å². The van der Waals surface area contributed by atoms with E-state index in [1.165, 1.54) is 0 Å². The van der Waals surface area contributed by atoms with E-state index in [-0.39, 0.29) is 5.25 Å². The van der Waals surface area contributed by atoms with E-state index in [0.29, 0.717) is 0 Å². The number of sulfonamides is 1. The predicted octanol–water partition coefficient (Wildman–Crippen LogP) is 1.00. The molecule has 5 heteroatoms. The van der Waals surface area contributed by atoms with Gasteiger partial charge in [-0.1, -0.05) is 18.6 Å². The third kappa shape index (κ3) is 4.80. The molecule has 0 saturated heterocycles. The van der Waals surface area contributed by atoms with E-state index in [1.54, 1.807) is 0 Å². The molecule has 15 heavy (non-hydrogen) atoms. The van der Waals surface area contributed by atoms with Gasteiger partial charge in [0, 0.05) is 12.4 Å². The van der Waals surface area contributed by atoms with Crippen molar-refractivity contribution in [1.29, 1.82) is 0 Å². The van der Waals surface area contributed by atoms with Crippen molar-refractivity contribution in [3.05, 3.63) is 36.7 Å². The molecular formula is C10H16N2O2S. The highest BCUT2D eigenvalue weighted by molar-refractivity contribution is 7.89. The number of allylic oxidation sites excluding steroid dienone is 4. The molecule has 1 heterocycles. The van der Waals surface area contributed by atoms with Gasteiger partial charge in [-0.2, -0.15) is 0 Å². The van der Waals surface area contributed by atoms with Gasteiger partial charge in [-0.3, -0.25) is 0 Å². The summed E-state index contributed by atoms with van der Waals surface area (Å²) in [6.07, 6.45) is 14.1. The number of nitrogens with one attached hydrogen (secondary N) is 1. The Morgan fingerprint density at radius 2 is 1.60 bits per heavy atom. The Hall–Kier alpha value is -1.07. The molecule has 4 nitrogen and oxygen atoms in total. The van der Waals surface area contributed by atoms with Gasteiger partial charge in [-0.15, -0.1) is 0 Å². The van der Waals surface area contributed by atoms with E-state index in [0.717, 1.165) is 19.3 Å². The van der Waals surface area contributed by atoms with Crippen LogP contribution in [-0.2, 0) is 10.0 Å². The highest BCUT2D eigenvalue weighted by atomic mass is 32.2. The summed E-state index contributed by atoms with van der Waals surface area (Å²) in [6, 6.07) is 0. The lowest BCUT2D eigenvalue weighted by Crippen LogP contribution is -2.33. The maximum absolute atomic E-state index is 10.4. The van der Waals surface area contributed by atoms with E-state index in [4.69, 9.17) is 5.14 Å². The molecule has 84 valence electrons. The molecule has 0 aromatic heterocycles. The second-order valence-electron chi connectivity index (χ2n) is 3.41. The summed E-state index contributed by atoms with van der Waals surface area (Å²) in [4.78, 5) is 0. The lowest BCUT2D eigenvalue weighted by molar-refractivity contribution is 0.477. The van der Waals surface area contributed by atoms with Gasteiger partial charge < -0.3 is 5.32 Å². The van der Waals surface area contributed by atoms with Gasteiger partial charge >= 0.3 is 0 Å². The van der Waals surface area contributed by atoms with Gasteiger partial charge in [-0.25, -0.2) is 13.6 Å². The van der Waals surface area contributed by atoms with Gasteiger partial charge in [0.15, 0.2) is 0 Å². The molecule has 1 fully saturated rings. The SMILES string of the molecule is C1=CC=CNC=C1.NS(=O)(=O)C1CCC1. The first kappa shape index (κ1) is 12.0. The van der Waals surface area contributed by atoms with Crippen molar-refractivity contribution in [2.24, 2.45) is 5.14 Å². The van der Waals surface area contributed by atoms with Crippen LogP contribution in [0.3, 0.4) is 0 Å². The summed E-state index contributed by atoms with van der Waals surface area (Å²) in [7, 11) is -3.17. The molecule has 2 aliphatic rings. The molecule has 1 aliphatic heterocycles. The van der Waals surface area contributed by atoms with Crippen molar-refractivity contribution >= 4 is 10.0 Å². The topological polar surface area (TPSA) is 72.2 Å². The molecule has 2 rings (SSSR count). The van der Waals surface area contributed by atoms with E-state index >= 15 is 0 Å². The molecule has 0 spiro atoms. The van der Waals surface area contributed by atoms with Crippen molar-refractivity contribution in [2.75, 3.05) is 0 Å². The second kappa shape index (κ2) is 5.72. The first-order valence-corrected chi connectivity index (χ1v) is 6.47. The van der Waals surface area contributed by atoms with Crippen LogP contribution < -0.4 is 10.5 Å². The Morgan fingerprint density at radius 1 is 1.07 bits per heavy atom. The molecule has 0 radical (unpaired) electrons. The zero-order valence-electron chi connectivity index (χ0n) is 8.46. The first-order valence-electron chi connectivity index (χ1n) is 4.87. The maximum atomic E-state index is 10.4. The molecule has 1 saturated carbocycles. The van der Waals surface area contributed by atoms with Crippen LogP contribution in [0.1, 0.15) is 19.3 Å². The van der Waals surface area contributed by atoms with Crippen LogP contribution in [0, 0.1) is 0 Å². The van der Waals surface area contributed by atoms with Crippen LogP contribution in [0.15, 0.2) is 36.7 Å². The third-order valence-corrected chi connectivity index (χ3v) is 3.64. The number of rotatable bonds is 1. The van der Waals surface area contributed by atoms with E-state index in [9.17, 15) is 8.42 Å². The van der Waals surface area contributed by atoms with Crippen LogP contribution in [0.25, 0.3) is 0 Å². The van der Waals surface area contributed by atoms with Crippen molar-refractivity contribution < 1.29 is 8.42 Å². The standard InChI is InChI=1S/C6H7N.C4H9NO2S/c1-2-4-6-7-5-3-1;5-8(6,7)4-2-1-3-4/h1-7H;4H,1-3H2,(H2,5,6,7). The van der Waals surface area contributed by atoms with Gasteiger partial charge in [0.05, 0.1) is 5.25 Å². The summed E-state index contributed by atoms with van der Waals surface area (Å²) >= 11 is 0. The van der Waals surface area contributed by atoms with Crippen LogP contribution >= 0.6 is 0 Å². The lowest BCUT2D eigenvalue weighted by atomic mass is 10.0. The number of hydrogen-bond acceptors (Lipinski definition) is 3. The number of nitrogens with two attached hydrogens (primary N) is 1. The van der Waals surface area contributed by atoms with Crippen molar-refractivity contribution in [3.63, 3.8) is 0 Å². The second-order valence-corrected chi connectivity index (χ2v) is 5.26. The molecule has 0 aromatic rings. The summed E-state index contributed by atoms with van der Waals surface area (Å²) in [6.45, 7) is 0. The molecular weight excluding hydrogens is 212 g/mol.